The number of morpholine rings is 1. The summed E-state index contributed by atoms with van der Waals surface area (Å²) in [4.78, 5) is 24.6. The summed E-state index contributed by atoms with van der Waals surface area (Å²) >= 11 is 0. The average Bonchev–Trinajstić information content (AvgIpc) is 3.50. The zero-order valence-corrected chi connectivity index (χ0v) is 22.4. The van der Waals surface area contributed by atoms with Crippen LogP contribution in [-0.4, -0.2) is 60.0 Å². The van der Waals surface area contributed by atoms with Crippen molar-refractivity contribution in [2.75, 3.05) is 19.7 Å². The van der Waals surface area contributed by atoms with Crippen LogP contribution in [0.2, 0.25) is 0 Å². The van der Waals surface area contributed by atoms with Crippen molar-refractivity contribution in [3.05, 3.63) is 69.9 Å². The predicted octanol–water partition coefficient (Wildman–Crippen LogP) is 3.66. The number of rotatable bonds is 6. The standard InChI is InChI=1S/C29H35N7O2/c1-18-12-29(13-18,28-33-30-17-34(28)3)21-5-4-6-22(11-21)36-15-23(20-7-8-20)25-26(27(36)37)32-24(31-25)16-35-9-10-38-19(2)14-35/h4-6,11,15,17-20H,7-10,12-14,16H2,1-3H3,(H,31,32)/t18?,19-,29?/m1/s1. The fourth-order valence-corrected chi connectivity index (χ4v) is 6.72. The number of imidazole rings is 1. The molecule has 9 nitrogen and oxygen atoms in total. The Morgan fingerprint density at radius 3 is 2.76 bits per heavy atom. The van der Waals surface area contributed by atoms with Gasteiger partial charge < -0.3 is 14.3 Å². The molecule has 0 amide bonds. The van der Waals surface area contributed by atoms with E-state index in [9.17, 15) is 4.79 Å². The van der Waals surface area contributed by atoms with E-state index in [0.29, 0.717) is 23.9 Å². The Morgan fingerprint density at radius 1 is 1.21 bits per heavy atom. The fourth-order valence-electron chi connectivity index (χ4n) is 6.72. The number of aromatic amines is 1. The van der Waals surface area contributed by atoms with Crippen molar-refractivity contribution in [2.24, 2.45) is 13.0 Å². The van der Waals surface area contributed by atoms with Gasteiger partial charge in [-0.15, -0.1) is 10.2 Å². The normalized spacial score (nSPS) is 26.1. The van der Waals surface area contributed by atoms with Gasteiger partial charge in [-0.05, 0) is 62.1 Å². The van der Waals surface area contributed by atoms with Gasteiger partial charge >= 0.3 is 0 Å². The Balaban J connectivity index is 1.30. The van der Waals surface area contributed by atoms with Crippen LogP contribution in [0.3, 0.4) is 0 Å². The summed E-state index contributed by atoms with van der Waals surface area (Å²) in [5, 5.41) is 8.67. The second kappa shape index (κ2) is 8.88. The molecule has 1 atom stereocenters. The van der Waals surface area contributed by atoms with Crippen LogP contribution in [0.5, 0.6) is 0 Å². The highest BCUT2D eigenvalue weighted by molar-refractivity contribution is 5.79. The van der Waals surface area contributed by atoms with E-state index in [1.807, 2.05) is 28.4 Å². The van der Waals surface area contributed by atoms with Crippen molar-refractivity contribution in [1.29, 1.82) is 0 Å². The summed E-state index contributed by atoms with van der Waals surface area (Å²) in [6.07, 6.45) is 8.36. The topological polar surface area (TPSA) is 93.9 Å². The number of aromatic nitrogens is 6. The molecule has 2 aliphatic carbocycles. The molecule has 4 aromatic rings. The van der Waals surface area contributed by atoms with Gasteiger partial charge in [0, 0.05) is 37.6 Å². The highest BCUT2D eigenvalue weighted by Crippen LogP contribution is 2.51. The molecule has 7 rings (SSSR count). The van der Waals surface area contributed by atoms with Crippen LogP contribution in [0.25, 0.3) is 16.7 Å². The molecule has 3 aromatic heterocycles. The number of hydrogen-bond acceptors (Lipinski definition) is 6. The summed E-state index contributed by atoms with van der Waals surface area (Å²) in [6, 6.07) is 8.45. The monoisotopic (exact) mass is 513 g/mol. The number of fused-ring (bicyclic) bond motifs is 1. The zero-order valence-electron chi connectivity index (χ0n) is 22.4. The second-order valence-corrected chi connectivity index (χ2v) is 11.8. The Bertz CT molecular complexity index is 1560. The van der Waals surface area contributed by atoms with E-state index in [-0.39, 0.29) is 17.1 Å². The van der Waals surface area contributed by atoms with Crippen molar-refractivity contribution in [3.8, 4) is 5.69 Å². The molecule has 0 unspecified atom stereocenters. The molecule has 1 aromatic carbocycles. The second-order valence-electron chi connectivity index (χ2n) is 11.8. The number of ether oxygens (including phenoxy) is 1. The van der Waals surface area contributed by atoms with Gasteiger partial charge in [-0.25, -0.2) is 4.98 Å². The van der Waals surface area contributed by atoms with Crippen LogP contribution in [0.1, 0.15) is 68.2 Å². The number of aryl methyl sites for hydroxylation is 1. The third-order valence-electron chi connectivity index (χ3n) is 8.65. The SMILES string of the molecule is CC1CC(c2cccc(-n3cc(C4CC4)c4nc(CN5CCO[C@H](C)C5)[nH]c4c3=O)c2)(c2nncn2C)C1. The minimum atomic E-state index is -0.176. The molecule has 3 aliphatic rings. The third kappa shape index (κ3) is 3.91. The summed E-state index contributed by atoms with van der Waals surface area (Å²) in [5.41, 5.74) is 4.46. The first kappa shape index (κ1) is 23.8. The van der Waals surface area contributed by atoms with Gasteiger partial charge in [0.05, 0.1) is 30.2 Å². The van der Waals surface area contributed by atoms with Gasteiger partial charge in [-0.2, -0.15) is 0 Å². The van der Waals surface area contributed by atoms with Crippen molar-refractivity contribution < 1.29 is 4.74 Å². The van der Waals surface area contributed by atoms with Crippen LogP contribution < -0.4 is 5.56 Å². The van der Waals surface area contributed by atoms with Gasteiger partial charge in [-0.3, -0.25) is 14.3 Å². The highest BCUT2D eigenvalue weighted by Gasteiger charge is 2.48. The number of H-pyrrole nitrogens is 1. The first-order chi connectivity index (χ1) is 18.4. The molecular formula is C29H35N7O2. The van der Waals surface area contributed by atoms with E-state index >= 15 is 0 Å². The molecule has 0 spiro atoms. The van der Waals surface area contributed by atoms with E-state index in [0.717, 1.165) is 68.2 Å². The van der Waals surface area contributed by atoms with E-state index in [1.165, 1.54) is 11.1 Å². The van der Waals surface area contributed by atoms with E-state index < -0.39 is 0 Å². The Morgan fingerprint density at radius 2 is 2.05 bits per heavy atom. The summed E-state index contributed by atoms with van der Waals surface area (Å²) in [5.74, 6) is 2.92. The lowest BCUT2D eigenvalue weighted by molar-refractivity contribution is -0.0219. The quantitative estimate of drug-likeness (QED) is 0.423. The maximum atomic E-state index is 13.9. The molecule has 0 radical (unpaired) electrons. The molecule has 1 saturated heterocycles. The average molecular weight is 514 g/mol. The Kier molecular flexibility index (Phi) is 5.56. The minimum absolute atomic E-state index is 0.0506. The summed E-state index contributed by atoms with van der Waals surface area (Å²) in [7, 11) is 2.01. The molecule has 4 heterocycles. The zero-order chi connectivity index (χ0) is 26.0. The molecule has 9 heteroatoms. The predicted molar refractivity (Wildman–Crippen MR) is 145 cm³/mol. The van der Waals surface area contributed by atoms with Gasteiger partial charge in [-0.1, -0.05) is 19.1 Å². The smallest absolute Gasteiger partial charge is 0.281 e. The molecule has 2 saturated carbocycles. The lowest BCUT2D eigenvalue weighted by Gasteiger charge is -2.46. The Labute approximate surface area is 221 Å². The van der Waals surface area contributed by atoms with E-state index in [2.05, 4.69) is 52.1 Å². The number of hydrogen-bond donors (Lipinski definition) is 1. The highest BCUT2D eigenvalue weighted by atomic mass is 16.5. The molecule has 198 valence electrons. The largest absolute Gasteiger partial charge is 0.376 e. The van der Waals surface area contributed by atoms with E-state index in [1.54, 1.807) is 6.33 Å². The van der Waals surface area contributed by atoms with Crippen molar-refractivity contribution in [2.45, 2.75) is 63.5 Å². The van der Waals surface area contributed by atoms with Crippen LogP contribution in [0.4, 0.5) is 0 Å². The minimum Gasteiger partial charge on any atom is -0.376 e. The van der Waals surface area contributed by atoms with Crippen LogP contribution in [0, 0.1) is 5.92 Å². The lowest BCUT2D eigenvalue weighted by Crippen LogP contribution is -2.43. The molecule has 1 N–H and O–H groups in total. The number of benzene rings is 1. The molecule has 3 fully saturated rings. The maximum Gasteiger partial charge on any atom is 0.281 e. The molecule has 0 bridgehead atoms. The van der Waals surface area contributed by atoms with Gasteiger partial charge in [0.15, 0.2) is 0 Å². The van der Waals surface area contributed by atoms with E-state index in [4.69, 9.17) is 9.72 Å². The number of nitrogens with zero attached hydrogens (tertiary/aromatic N) is 6. The lowest BCUT2D eigenvalue weighted by atomic mass is 9.58. The third-order valence-corrected chi connectivity index (χ3v) is 8.65. The van der Waals surface area contributed by atoms with Crippen LogP contribution in [0.15, 0.2) is 41.6 Å². The summed E-state index contributed by atoms with van der Waals surface area (Å²) < 4.78 is 9.55. The van der Waals surface area contributed by atoms with Crippen molar-refractivity contribution in [1.82, 2.24) is 34.2 Å². The first-order valence-corrected chi connectivity index (χ1v) is 13.8. The summed E-state index contributed by atoms with van der Waals surface area (Å²) in [6.45, 7) is 7.55. The molecular weight excluding hydrogens is 478 g/mol. The van der Waals surface area contributed by atoms with Gasteiger partial charge in [0.1, 0.15) is 23.5 Å². The maximum absolute atomic E-state index is 13.9. The van der Waals surface area contributed by atoms with Crippen LogP contribution >= 0.6 is 0 Å². The number of pyridine rings is 1. The van der Waals surface area contributed by atoms with Gasteiger partial charge in [0.2, 0.25) is 0 Å². The molecule has 38 heavy (non-hydrogen) atoms. The van der Waals surface area contributed by atoms with Crippen LogP contribution in [-0.2, 0) is 23.7 Å². The van der Waals surface area contributed by atoms with Gasteiger partial charge in [0.25, 0.3) is 5.56 Å². The Hall–Kier alpha value is -3.30. The number of nitrogens with one attached hydrogen (secondary N) is 1. The van der Waals surface area contributed by atoms with Crippen molar-refractivity contribution in [3.63, 3.8) is 0 Å². The van der Waals surface area contributed by atoms with Crippen molar-refractivity contribution >= 4 is 11.0 Å². The fraction of sp³-hybridized carbons (Fsp3) is 0.517. The first-order valence-electron chi connectivity index (χ1n) is 13.8. The molecule has 1 aliphatic heterocycles.